The molecule has 0 amide bonds. The zero-order valence-corrected chi connectivity index (χ0v) is 19.8. The van der Waals surface area contributed by atoms with Crippen LogP contribution in [-0.4, -0.2) is 55.2 Å². The van der Waals surface area contributed by atoms with Crippen LogP contribution in [0.4, 0.5) is 5.95 Å². The molecule has 9 heteroatoms. The van der Waals surface area contributed by atoms with Crippen LogP contribution in [0.1, 0.15) is 22.3 Å². The maximum absolute atomic E-state index is 12.8. The van der Waals surface area contributed by atoms with Gasteiger partial charge in [0.15, 0.2) is 11.2 Å². The van der Waals surface area contributed by atoms with Crippen LogP contribution in [-0.2, 0) is 20.1 Å². The number of aromatic amines is 1. The van der Waals surface area contributed by atoms with E-state index in [-0.39, 0.29) is 0 Å². The molecule has 4 heterocycles. The number of aromatic nitrogens is 5. The second-order valence-corrected chi connectivity index (χ2v) is 9.04. The molecule has 0 unspecified atom stereocenters. The number of H-pyrrole nitrogens is 1. The summed E-state index contributed by atoms with van der Waals surface area (Å²) in [5.74, 6) is 0.705. The van der Waals surface area contributed by atoms with Crippen LogP contribution >= 0.6 is 0 Å². The summed E-state index contributed by atoms with van der Waals surface area (Å²) in [4.78, 5) is 41.1. The van der Waals surface area contributed by atoms with E-state index >= 15 is 0 Å². The van der Waals surface area contributed by atoms with Crippen LogP contribution in [0, 0.1) is 13.8 Å². The number of rotatable bonds is 5. The number of piperazine rings is 1. The third-order valence-corrected chi connectivity index (χ3v) is 6.60. The van der Waals surface area contributed by atoms with Crippen molar-refractivity contribution in [1.82, 2.24) is 29.0 Å². The molecule has 1 aliphatic heterocycles. The molecule has 9 nitrogen and oxygen atoms in total. The molecule has 4 aromatic rings. The van der Waals surface area contributed by atoms with E-state index in [1.165, 1.54) is 21.3 Å². The van der Waals surface area contributed by atoms with Crippen LogP contribution in [0.5, 0.6) is 0 Å². The monoisotopic (exact) mass is 459 g/mol. The lowest BCUT2D eigenvalue weighted by atomic mass is 10.0. The van der Waals surface area contributed by atoms with Gasteiger partial charge in [-0.15, -0.1) is 0 Å². The van der Waals surface area contributed by atoms with Crippen molar-refractivity contribution in [2.75, 3.05) is 31.1 Å². The molecule has 34 heavy (non-hydrogen) atoms. The Labute approximate surface area is 197 Å². The van der Waals surface area contributed by atoms with Crippen LogP contribution < -0.4 is 16.1 Å². The largest absolute Gasteiger partial charge is 0.340 e. The summed E-state index contributed by atoms with van der Waals surface area (Å²) in [5, 5.41) is 0. The van der Waals surface area contributed by atoms with E-state index in [0.717, 1.165) is 38.3 Å². The predicted molar refractivity (Wildman–Crippen MR) is 132 cm³/mol. The molecular formula is C25H29N7O2. The molecule has 0 aliphatic carbocycles. The summed E-state index contributed by atoms with van der Waals surface area (Å²) < 4.78 is 3.31. The van der Waals surface area contributed by atoms with E-state index in [4.69, 9.17) is 4.98 Å². The Hall–Kier alpha value is -3.72. The van der Waals surface area contributed by atoms with Crippen molar-refractivity contribution in [3.63, 3.8) is 0 Å². The van der Waals surface area contributed by atoms with Gasteiger partial charge in [0.1, 0.15) is 0 Å². The first kappa shape index (κ1) is 22.1. The predicted octanol–water partition coefficient (Wildman–Crippen LogP) is 1.81. The first-order chi connectivity index (χ1) is 16.4. The first-order valence-electron chi connectivity index (χ1n) is 11.5. The fraction of sp³-hybridized carbons (Fsp3) is 0.360. The van der Waals surface area contributed by atoms with E-state index in [0.29, 0.717) is 23.7 Å². The van der Waals surface area contributed by atoms with Crippen molar-refractivity contribution in [2.24, 2.45) is 7.05 Å². The van der Waals surface area contributed by atoms with Gasteiger partial charge in [0.05, 0.1) is 6.54 Å². The van der Waals surface area contributed by atoms with Gasteiger partial charge >= 0.3 is 5.69 Å². The summed E-state index contributed by atoms with van der Waals surface area (Å²) in [7, 11) is 1.63. The summed E-state index contributed by atoms with van der Waals surface area (Å²) in [5.41, 5.74) is 4.82. The van der Waals surface area contributed by atoms with Crippen molar-refractivity contribution >= 4 is 17.1 Å². The number of hydrogen-bond donors (Lipinski definition) is 1. The van der Waals surface area contributed by atoms with Crippen molar-refractivity contribution in [3.05, 3.63) is 85.8 Å². The van der Waals surface area contributed by atoms with Gasteiger partial charge in [-0.3, -0.25) is 28.8 Å². The molecule has 1 fully saturated rings. The van der Waals surface area contributed by atoms with E-state index in [1.807, 2.05) is 16.7 Å². The highest BCUT2D eigenvalue weighted by Crippen LogP contribution is 2.23. The highest BCUT2D eigenvalue weighted by atomic mass is 16.2. The van der Waals surface area contributed by atoms with E-state index in [9.17, 15) is 9.59 Å². The van der Waals surface area contributed by atoms with E-state index in [1.54, 1.807) is 19.4 Å². The van der Waals surface area contributed by atoms with E-state index < -0.39 is 11.2 Å². The normalized spacial score (nSPS) is 14.7. The maximum atomic E-state index is 12.8. The Morgan fingerprint density at radius 3 is 2.56 bits per heavy atom. The highest BCUT2D eigenvalue weighted by molar-refractivity contribution is 5.74. The lowest BCUT2D eigenvalue weighted by Gasteiger charge is -2.35. The minimum Gasteiger partial charge on any atom is -0.340 e. The summed E-state index contributed by atoms with van der Waals surface area (Å²) in [6.45, 7) is 9.00. The van der Waals surface area contributed by atoms with Gasteiger partial charge in [0.25, 0.3) is 5.56 Å². The fourth-order valence-electron chi connectivity index (χ4n) is 4.61. The number of nitrogens with one attached hydrogen (secondary N) is 1. The van der Waals surface area contributed by atoms with Crippen LogP contribution in [0.3, 0.4) is 0 Å². The fourth-order valence-corrected chi connectivity index (χ4v) is 4.61. The van der Waals surface area contributed by atoms with Gasteiger partial charge in [-0.1, -0.05) is 29.8 Å². The molecule has 176 valence electrons. The third-order valence-electron chi connectivity index (χ3n) is 6.60. The van der Waals surface area contributed by atoms with Crippen LogP contribution in [0.25, 0.3) is 11.2 Å². The topological polar surface area (TPSA) is 92.0 Å². The zero-order chi connectivity index (χ0) is 23.8. The standard InChI is InChI=1S/C25H29N7O2/c1-17-6-7-18(2)20(13-17)16-30-9-11-31(12-10-30)24-27-22-21(23(33)28-25(34)29(22)3)32(24)15-19-5-4-8-26-14-19/h4-8,13-14H,9-12,15-16H2,1-3H3,(H,28,33,34). The van der Waals surface area contributed by atoms with Gasteiger partial charge in [0, 0.05) is 52.2 Å². The number of anilines is 1. The number of benzene rings is 1. The first-order valence-corrected chi connectivity index (χ1v) is 11.5. The summed E-state index contributed by atoms with van der Waals surface area (Å²) in [6, 6.07) is 10.4. The molecule has 0 bridgehead atoms. The molecule has 1 aliphatic rings. The lowest BCUT2D eigenvalue weighted by Crippen LogP contribution is -2.47. The summed E-state index contributed by atoms with van der Waals surface area (Å²) in [6.07, 6.45) is 3.51. The molecule has 1 aromatic carbocycles. The molecular weight excluding hydrogens is 430 g/mol. The van der Waals surface area contributed by atoms with Gasteiger partial charge in [-0.05, 0) is 36.6 Å². The van der Waals surface area contributed by atoms with Gasteiger partial charge in [-0.25, -0.2) is 4.79 Å². The molecule has 0 radical (unpaired) electrons. The molecule has 0 spiro atoms. The number of fused-ring (bicyclic) bond motifs is 1. The van der Waals surface area contributed by atoms with Crippen molar-refractivity contribution in [1.29, 1.82) is 0 Å². The highest BCUT2D eigenvalue weighted by Gasteiger charge is 2.25. The van der Waals surface area contributed by atoms with Gasteiger partial charge in [0.2, 0.25) is 5.95 Å². The molecule has 1 saturated heterocycles. The molecule has 0 atom stereocenters. The Kier molecular flexibility index (Phi) is 5.79. The Balaban J connectivity index is 1.45. The average Bonchev–Trinajstić information content (AvgIpc) is 3.21. The zero-order valence-electron chi connectivity index (χ0n) is 19.8. The second-order valence-electron chi connectivity index (χ2n) is 9.04. The number of nitrogens with zero attached hydrogens (tertiary/aromatic N) is 6. The average molecular weight is 460 g/mol. The quantitative estimate of drug-likeness (QED) is 0.489. The molecule has 0 saturated carbocycles. The van der Waals surface area contributed by atoms with Crippen molar-refractivity contribution < 1.29 is 0 Å². The lowest BCUT2D eigenvalue weighted by molar-refractivity contribution is 0.248. The molecule has 1 N–H and O–H groups in total. The Morgan fingerprint density at radius 2 is 1.82 bits per heavy atom. The van der Waals surface area contributed by atoms with Crippen LogP contribution in [0.2, 0.25) is 0 Å². The van der Waals surface area contributed by atoms with Crippen molar-refractivity contribution in [2.45, 2.75) is 26.9 Å². The summed E-state index contributed by atoms with van der Waals surface area (Å²) >= 11 is 0. The smallest absolute Gasteiger partial charge is 0.329 e. The van der Waals surface area contributed by atoms with Gasteiger partial charge in [-0.2, -0.15) is 4.98 Å². The number of pyridine rings is 1. The molecule has 3 aromatic heterocycles. The number of aryl methyl sites for hydroxylation is 3. The van der Waals surface area contributed by atoms with Crippen molar-refractivity contribution in [3.8, 4) is 0 Å². The number of imidazole rings is 1. The van der Waals surface area contributed by atoms with Crippen LogP contribution in [0.15, 0.2) is 52.3 Å². The second kappa shape index (κ2) is 8.90. The van der Waals surface area contributed by atoms with Gasteiger partial charge < -0.3 is 4.90 Å². The minimum atomic E-state index is -0.464. The number of hydrogen-bond acceptors (Lipinski definition) is 6. The SMILES string of the molecule is Cc1ccc(C)c(CN2CCN(c3nc4c(c(=O)[nH]c(=O)n4C)n3Cc3cccnc3)CC2)c1. The van der Waals surface area contributed by atoms with E-state index in [2.05, 4.69) is 51.8 Å². The molecule has 5 rings (SSSR count). The third kappa shape index (κ3) is 4.14. The Morgan fingerprint density at radius 1 is 1.03 bits per heavy atom. The maximum Gasteiger partial charge on any atom is 0.329 e. The minimum absolute atomic E-state index is 0.394. The Bertz CT molecular complexity index is 1440.